The van der Waals surface area contributed by atoms with E-state index in [1.54, 1.807) is 0 Å². The van der Waals surface area contributed by atoms with Gasteiger partial charge in [-0.25, -0.2) is 8.42 Å². The maximum absolute atomic E-state index is 12.4. The van der Waals surface area contributed by atoms with Crippen LogP contribution in [-0.4, -0.2) is 43.8 Å². The molecule has 1 aliphatic rings. The Bertz CT molecular complexity index is 571. The number of ether oxygens (including phenoxy) is 1. The van der Waals surface area contributed by atoms with Gasteiger partial charge in [0.1, 0.15) is 9.90 Å². The summed E-state index contributed by atoms with van der Waals surface area (Å²) in [7, 11) is -3.38. The fourth-order valence-electron chi connectivity index (χ4n) is 2.32. The summed E-state index contributed by atoms with van der Waals surface area (Å²) in [6.45, 7) is 7.05. The average molecular weight is 319 g/mol. The van der Waals surface area contributed by atoms with E-state index in [2.05, 4.69) is 4.37 Å². The Morgan fingerprint density at radius 3 is 2.85 bits per heavy atom. The van der Waals surface area contributed by atoms with Gasteiger partial charge in [-0.1, -0.05) is 6.92 Å². The van der Waals surface area contributed by atoms with Crippen molar-refractivity contribution >= 4 is 32.2 Å². The van der Waals surface area contributed by atoms with Gasteiger partial charge in [0.2, 0.25) is 0 Å². The number of rotatable bonds is 4. The Labute approximate surface area is 124 Å². The predicted octanol–water partition coefficient (Wildman–Crippen LogP) is 1.52. The van der Waals surface area contributed by atoms with Crippen molar-refractivity contribution in [2.24, 2.45) is 0 Å². The number of hydrogen-bond acceptors (Lipinski definition) is 7. The van der Waals surface area contributed by atoms with Gasteiger partial charge in [-0.15, -0.1) is 0 Å². The Balaban J connectivity index is 2.43. The second-order valence-electron chi connectivity index (χ2n) is 5.17. The van der Waals surface area contributed by atoms with E-state index in [0.29, 0.717) is 24.6 Å². The second-order valence-corrected chi connectivity index (χ2v) is 7.96. The number of aromatic nitrogens is 1. The van der Waals surface area contributed by atoms with Gasteiger partial charge in [0.15, 0.2) is 15.7 Å². The van der Waals surface area contributed by atoms with Crippen molar-refractivity contribution in [1.29, 1.82) is 0 Å². The summed E-state index contributed by atoms with van der Waals surface area (Å²) in [5, 5.41) is 0.651. The van der Waals surface area contributed by atoms with E-state index in [1.165, 1.54) is 0 Å². The average Bonchev–Trinajstić information content (AvgIpc) is 2.75. The molecule has 114 valence electrons. The quantitative estimate of drug-likeness (QED) is 0.905. The molecule has 2 unspecified atom stereocenters. The van der Waals surface area contributed by atoms with E-state index in [9.17, 15) is 8.42 Å². The standard InChI is InChI=1S/C12H21N3O3S2/c1-4-5-20(16,17)10-11(13)14-19-12(10)15-6-9(3)18-7-8(15)2/h8-9H,4-7H2,1-3H3,(H2,13,14). The monoisotopic (exact) mass is 319 g/mol. The molecule has 1 aromatic heterocycles. The molecule has 0 aliphatic carbocycles. The Morgan fingerprint density at radius 1 is 1.50 bits per heavy atom. The van der Waals surface area contributed by atoms with E-state index < -0.39 is 9.84 Å². The largest absolute Gasteiger partial charge is 0.382 e. The smallest absolute Gasteiger partial charge is 0.185 e. The van der Waals surface area contributed by atoms with Crippen molar-refractivity contribution in [2.75, 3.05) is 29.5 Å². The van der Waals surface area contributed by atoms with Crippen LogP contribution in [0.3, 0.4) is 0 Å². The molecule has 8 heteroatoms. The van der Waals surface area contributed by atoms with Gasteiger partial charge in [-0.3, -0.25) is 0 Å². The lowest BCUT2D eigenvalue weighted by Gasteiger charge is -2.37. The lowest BCUT2D eigenvalue weighted by molar-refractivity contribution is 0.0345. The van der Waals surface area contributed by atoms with E-state index in [1.807, 2.05) is 25.7 Å². The van der Waals surface area contributed by atoms with Crippen LogP contribution >= 0.6 is 11.5 Å². The molecule has 0 aromatic carbocycles. The lowest BCUT2D eigenvalue weighted by Crippen LogP contribution is -2.47. The molecule has 2 heterocycles. The van der Waals surface area contributed by atoms with E-state index in [-0.39, 0.29) is 28.6 Å². The summed E-state index contributed by atoms with van der Waals surface area (Å²) in [5.41, 5.74) is 5.81. The molecule has 0 radical (unpaired) electrons. The summed E-state index contributed by atoms with van der Waals surface area (Å²) in [6, 6.07) is 0.113. The van der Waals surface area contributed by atoms with Gasteiger partial charge in [-0.2, -0.15) is 4.37 Å². The summed E-state index contributed by atoms with van der Waals surface area (Å²) in [5.74, 6) is 0.210. The van der Waals surface area contributed by atoms with Gasteiger partial charge < -0.3 is 15.4 Å². The van der Waals surface area contributed by atoms with E-state index >= 15 is 0 Å². The molecule has 6 nitrogen and oxygen atoms in total. The third kappa shape index (κ3) is 2.91. The van der Waals surface area contributed by atoms with Gasteiger partial charge in [0.25, 0.3) is 0 Å². The van der Waals surface area contributed by atoms with Crippen LogP contribution < -0.4 is 10.6 Å². The highest BCUT2D eigenvalue weighted by molar-refractivity contribution is 7.91. The van der Waals surface area contributed by atoms with E-state index in [4.69, 9.17) is 10.5 Å². The molecule has 2 atom stereocenters. The molecular weight excluding hydrogens is 298 g/mol. The third-order valence-electron chi connectivity index (χ3n) is 3.31. The van der Waals surface area contributed by atoms with Crippen LogP contribution in [0.25, 0.3) is 0 Å². The van der Waals surface area contributed by atoms with Gasteiger partial charge in [0, 0.05) is 6.54 Å². The minimum atomic E-state index is -3.38. The van der Waals surface area contributed by atoms with Gasteiger partial charge in [0.05, 0.1) is 24.5 Å². The predicted molar refractivity (Wildman–Crippen MR) is 81.1 cm³/mol. The highest BCUT2D eigenvalue weighted by atomic mass is 32.2. The molecule has 0 amide bonds. The molecule has 0 saturated carbocycles. The molecule has 1 aliphatic heterocycles. The normalized spacial score (nSPS) is 24.1. The number of morpholine rings is 1. The zero-order chi connectivity index (χ0) is 14.9. The second kappa shape index (κ2) is 5.87. The zero-order valence-electron chi connectivity index (χ0n) is 12.0. The molecule has 1 saturated heterocycles. The number of nitrogen functional groups attached to an aromatic ring is 1. The first-order valence-electron chi connectivity index (χ1n) is 6.73. The molecule has 2 N–H and O–H groups in total. The highest BCUT2D eigenvalue weighted by Crippen LogP contribution is 2.37. The first kappa shape index (κ1) is 15.5. The molecule has 1 aromatic rings. The molecule has 1 fully saturated rings. The van der Waals surface area contributed by atoms with Crippen molar-refractivity contribution in [3.8, 4) is 0 Å². The SMILES string of the molecule is CCCS(=O)(=O)c1c(N)nsc1N1CC(C)OCC1C. The van der Waals surface area contributed by atoms with Crippen LogP contribution in [-0.2, 0) is 14.6 Å². The summed E-state index contributed by atoms with van der Waals surface area (Å²) in [6.07, 6.45) is 0.628. The van der Waals surface area contributed by atoms with Crippen LogP contribution in [0.1, 0.15) is 27.2 Å². The Hall–Kier alpha value is -0.860. The highest BCUT2D eigenvalue weighted by Gasteiger charge is 2.32. The summed E-state index contributed by atoms with van der Waals surface area (Å²) in [4.78, 5) is 2.25. The van der Waals surface area contributed by atoms with Crippen LogP contribution in [0.2, 0.25) is 0 Å². The molecule has 0 spiro atoms. The first-order valence-corrected chi connectivity index (χ1v) is 9.15. The fourth-order valence-corrected chi connectivity index (χ4v) is 5.18. The Kier molecular flexibility index (Phi) is 4.55. The van der Waals surface area contributed by atoms with Gasteiger partial charge in [-0.05, 0) is 31.8 Å². The van der Waals surface area contributed by atoms with Crippen LogP contribution in [0.4, 0.5) is 10.8 Å². The Morgan fingerprint density at radius 2 is 2.20 bits per heavy atom. The van der Waals surface area contributed by atoms with Crippen LogP contribution in [0.15, 0.2) is 4.90 Å². The zero-order valence-corrected chi connectivity index (χ0v) is 13.6. The van der Waals surface area contributed by atoms with E-state index in [0.717, 1.165) is 11.5 Å². The van der Waals surface area contributed by atoms with Gasteiger partial charge >= 0.3 is 0 Å². The van der Waals surface area contributed by atoms with Crippen LogP contribution in [0.5, 0.6) is 0 Å². The lowest BCUT2D eigenvalue weighted by atomic mass is 10.2. The molecule has 2 rings (SSSR count). The number of nitrogens with two attached hydrogens (primary N) is 1. The maximum Gasteiger partial charge on any atom is 0.185 e. The minimum Gasteiger partial charge on any atom is -0.382 e. The number of nitrogens with zero attached hydrogens (tertiary/aromatic N) is 2. The number of anilines is 2. The third-order valence-corrected chi connectivity index (χ3v) is 6.31. The van der Waals surface area contributed by atoms with Crippen molar-refractivity contribution in [2.45, 2.75) is 44.2 Å². The fraction of sp³-hybridized carbons (Fsp3) is 0.750. The van der Waals surface area contributed by atoms with Crippen molar-refractivity contribution in [3.63, 3.8) is 0 Å². The van der Waals surface area contributed by atoms with Crippen molar-refractivity contribution < 1.29 is 13.2 Å². The molecule has 20 heavy (non-hydrogen) atoms. The number of sulfone groups is 1. The van der Waals surface area contributed by atoms with Crippen molar-refractivity contribution in [1.82, 2.24) is 4.37 Å². The van der Waals surface area contributed by atoms with Crippen LogP contribution in [0, 0.1) is 0 Å². The molecular formula is C12H21N3O3S2. The molecule has 0 bridgehead atoms. The number of hydrogen-bond donors (Lipinski definition) is 1. The first-order chi connectivity index (χ1) is 9.36. The summed E-state index contributed by atoms with van der Waals surface area (Å²) >= 11 is 1.16. The maximum atomic E-state index is 12.4. The topological polar surface area (TPSA) is 85.5 Å². The van der Waals surface area contributed by atoms with Crippen molar-refractivity contribution in [3.05, 3.63) is 0 Å². The summed E-state index contributed by atoms with van der Waals surface area (Å²) < 4.78 is 34.4. The minimum absolute atomic E-state index is 0.0660.